The summed E-state index contributed by atoms with van der Waals surface area (Å²) in [5.74, 6) is 1.59. The Labute approximate surface area is 182 Å². The Morgan fingerprint density at radius 3 is 2.23 bits per heavy atom. The van der Waals surface area contributed by atoms with Gasteiger partial charge in [-0.3, -0.25) is 9.59 Å². The number of nitrogens with zero attached hydrogens (tertiary/aromatic N) is 4. The van der Waals surface area contributed by atoms with Gasteiger partial charge < -0.3 is 20.3 Å². The molecular formula is C23H29N5O3. The van der Waals surface area contributed by atoms with Crippen LogP contribution in [0, 0.1) is 11.8 Å². The largest absolute Gasteiger partial charge is 0.497 e. The minimum absolute atomic E-state index is 0.0317. The lowest BCUT2D eigenvalue weighted by Gasteiger charge is -2.37. The normalized spacial score (nSPS) is 18.1. The average molecular weight is 424 g/mol. The van der Waals surface area contributed by atoms with Gasteiger partial charge in [-0.15, -0.1) is 0 Å². The van der Waals surface area contributed by atoms with Crippen LogP contribution in [-0.4, -0.2) is 60.0 Å². The van der Waals surface area contributed by atoms with E-state index in [1.54, 1.807) is 13.4 Å². The number of methoxy groups -OCH3 is 1. The van der Waals surface area contributed by atoms with Crippen molar-refractivity contribution in [2.75, 3.05) is 38.2 Å². The van der Waals surface area contributed by atoms with Crippen LogP contribution in [0.3, 0.4) is 0 Å². The quantitative estimate of drug-likeness (QED) is 0.790. The van der Waals surface area contributed by atoms with Crippen LogP contribution in [0.25, 0.3) is 11.3 Å². The number of anilines is 1. The highest BCUT2D eigenvalue weighted by atomic mass is 16.5. The second-order valence-corrected chi connectivity index (χ2v) is 8.25. The molecule has 0 radical (unpaired) electrons. The predicted molar refractivity (Wildman–Crippen MR) is 117 cm³/mol. The third-order valence-electron chi connectivity index (χ3n) is 6.42. The number of piperidine rings is 2. The maximum absolute atomic E-state index is 12.9. The van der Waals surface area contributed by atoms with Gasteiger partial charge >= 0.3 is 0 Å². The monoisotopic (exact) mass is 423 g/mol. The van der Waals surface area contributed by atoms with Crippen molar-refractivity contribution in [2.24, 2.45) is 17.6 Å². The Balaban J connectivity index is 1.34. The molecule has 4 rings (SSSR count). The fraction of sp³-hybridized carbons (Fsp3) is 0.478. The minimum atomic E-state index is -0.251. The summed E-state index contributed by atoms with van der Waals surface area (Å²) >= 11 is 0. The number of primary amides is 1. The summed E-state index contributed by atoms with van der Waals surface area (Å²) in [6.07, 6.45) is 4.55. The molecule has 1 aromatic carbocycles. The molecule has 2 amide bonds. The number of hydrogen-bond acceptors (Lipinski definition) is 6. The number of ether oxygens (including phenoxy) is 1. The van der Waals surface area contributed by atoms with E-state index in [2.05, 4.69) is 14.9 Å². The first-order chi connectivity index (χ1) is 15.0. The molecule has 0 spiro atoms. The van der Waals surface area contributed by atoms with Gasteiger partial charge in [-0.25, -0.2) is 9.97 Å². The van der Waals surface area contributed by atoms with Crippen LogP contribution >= 0.6 is 0 Å². The highest BCUT2D eigenvalue weighted by molar-refractivity contribution is 5.80. The summed E-state index contributed by atoms with van der Waals surface area (Å²) in [5.41, 5.74) is 7.27. The van der Waals surface area contributed by atoms with Crippen LogP contribution < -0.4 is 15.4 Å². The fourth-order valence-corrected chi connectivity index (χ4v) is 4.44. The summed E-state index contributed by atoms with van der Waals surface area (Å²) in [6.45, 7) is 2.83. The van der Waals surface area contributed by atoms with Crippen LogP contribution in [-0.2, 0) is 9.59 Å². The zero-order valence-electron chi connectivity index (χ0n) is 17.9. The van der Waals surface area contributed by atoms with Gasteiger partial charge in [0.1, 0.15) is 17.9 Å². The van der Waals surface area contributed by atoms with Gasteiger partial charge in [0.25, 0.3) is 0 Å². The van der Waals surface area contributed by atoms with Crippen molar-refractivity contribution < 1.29 is 14.3 Å². The molecular weight excluding hydrogens is 394 g/mol. The molecule has 2 saturated heterocycles. The lowest BCUT2D eigenvalue weighted by atomic mass is 9.92. The van der Waals surface area contributed by atoms with Crippen LogP contribution in [0.4, 0.5) is 5.82 Å². The number of nitrogens with two attached hydrogens (primary N) is 1. The summed E-state index contributed by atoms with van der Waals surface area (Å²) in [7, 11) is 1.65. The smallest absolute Gasteiger partial charge is 0.225 e. The van der Waals surface area contributed by atoms with E-state index in [1.165, 1.54) is 0 Å². The van der Waals surface area contributed by atoms with E-state index < -0.39 is 0 Å². The highest BCUT2D eigenvalue weighted by Gasteiger charge is 2.32. The van der Waals surface area contributed by atoms with E-state index in [-0.39, 0.29) is 23.7 Å². The number of amides is 2. The van der Waals surface area contributed by atoms with Crippen molar-refractivity contribution in [1.29, 1.82) is 0 Å². The molecule has 0 unspecified atom stereocenters. The number of aromatic nitrogens is 2. The molecule has 8 nitrogen and oxygen atoms in total. The molecule has 2 aliphatic heterocycles. The first-order valence-corrected chi connectivity index (χ1v) is 10.8. The van der Waals surface area contributed by atoms with Crippen LogP contribution in [0.2, 0.25) is 0 Å². The molecule has 0 bridgehead atoms. The molecule has 2 aromatic rings. The molecule has 2 N–H and O–H groups in total. The molecule has 8 heteroatoms. The standard InChI is InChI=1S/C23H29N5O3/c1-31-19-4-2-16(3-5-19)20-14-21(26-15-25-20)27-10-8-18(9-11-27)23(30)28-12-6-17(7-13-28)22(24)29/h2-5,14-15,17-18H,6-13H2,1H3,(H2,24,29). The molecule has 2 aliphatic rings. The lowest BCUT2D eigenvalue weighted by molar-refractivity contribution is -0.139. The molecule has 1 aromatic heterocycles. The number of carbonyl (C=O) groups excluding carboxylic acids is 2. The average Bonchev–Trinajstić information content (AvgIpc) is 2.84. The second-order valence-electron chi connectivity index (χ2n) is 8.25. The molecule has 2 fully saturated rings. The number of rotatable bonds is 5. The van der Waals surface area contributed by atoms with Gasteiger partial charge in [0.05, 0.1) is 12.8 Å². The van der Waals surface area contributed by atoms with Crippen molar-refractivity contribution in [1.82, 2.24) is 14.9 Å². The summed E-state index contributed by atoms with van der Waals surface area (Å²) in [5, 5.41) is 0. The van der Waals surface area contributed by atoms with E-state index in [9.17, 15) is 9.59 Å². The van der Waals surface area contributed by atoms with Gasteiger partial charge in [-0.2, -0.15) is 0 Å². The SMILES string of the molecule is COc1ccc(-c2cc(N3CCC(C(=O)N4CCC(C(N)=O)CC4)CC3)ncn2)cc1. The van der Waals surface area contributed by atoms with E-state index in [0.29, 0.717) is 25.9 Å². The van der Waals surface area contributed by atoms with Gasteiger partial charge in [-0.05, 0) is 49.9 Å². The van der Waals surface area contributed by atoms with Crippen LogP contribution in [0.5, 0.6) is 5.75 Å². The van der Waals surface area contributed by atoms with Gasteiger partial charge in [0, 0.05) is 49.6 Å². The molecule has 0 atom stereocenters. The van der Waals surface area contributed by atoms with Crippen LogP contribution in [0.1, 0.15) is 25.7 Å². The Kier molecular flexibility index (Phi) is 6.34. The third-order valence-corrected chi connectivity index (χ3v) is 6.42. The van der Waals surface area contributed by atoms with E-state index in [0.717, 1.165) is 48.8 Å². The number of carbonyl (C=O) groups is 2. The van der Waals surface area contributed by atoms with Crippen molar-refractivity contribution in [3.8, 4) is 17.0 Å². The Hall–Kier alpha value is -3.16. The van der Waals surface area contributed by atoms with Gasteiger partial charge in [0.15, 0.2) is 0 Å². The maximum Gasteiger partial charge on any atom is 0.225 e. The minimum Gasteiger partial charge on any atom is -0.497 e. The zero-order chi connectivity index (χ0) is 21.8. The lowest BCUT2D eigenvalue weighted by Crippen LogP contribution is -2.47. The highest BCUT2D eigenvalue weighted by Crippen LogP contribution is 2.28. The first-order valence-electron chi connectivity index (χ1n) is 10.8. The summed E-state index contributed by atoms with van der Waals surface area (Å²) in [6, 6.07) is 9.80. The second kappa shape index (κ2) is 9.32. The molecule has 164 valence electrons. The summed E-state index contributed by atoms with van der Waals surface area (Å²) < 4.78 is 5.22. The van der Waals surface area contributed by atoms with E-state index >= 15 is 0 Å². The van der Waals surface area contributed by atoms with Gasteiger partial charge in [-0.1, -0.05) is 0 Å². The topological polar surface area (TPSA) is 102 Å². The van der Waals surface area contributed by atoms with Crippen LogP contribution in [0.15, 0.2) is 36.7 Å². The number of likely N-dealkylation sites (tertiary alicyclic amines) is 1. The molecule has 0 saturated carbocycles. The van der Waals surface area contributed by atoms with Crippen molar-refractivity contribution in [3.05, 3.63) is 36.7 Å². The van der Waals surface area contributed by atoms with E-state index in [1.807, 2.05) is 35.2 Å². The predicted octanol–water partition coefficient (Wildman–Crippen LogP) is 2.09. The Morgan fingerprint density at radius 1 is 0.968 bits per heavy atom. The molecule has 0 aliphatic carbocycles. The van der Waals surface area contributed by atoms with Gasteiger partial charge in [0.2, 0.25) is 11.8 Å². The number of benzene rings is 1. The zero-order valence-corrected chi connectivity index (χ0v) is 17.9. The number of hydrogen-bond donors (Lipinski definition) is 1. The van der Waals surface area contributed by atoms with Crippen molar-refractivity contribution >= 4 is 17.6 Å². The maximum atomic E-state index is 12.9. The molecule has 31 heavy (non-hydrogen) atoms. The molecule has 3 heterocycles. The Bertz CT molecular complexity index is 917. The Morgan fingerprint density at radius 2 is 1.61 bits per heavy atom. The van der Waals surface area contributed by atoms with E-state index in [4.69, 9.17) is 10.5 Å². The first kappa shape index (κ1) is 21.1. The third kappa shape index (κ3) is 4.78. The van der Waals surface area contributed by atoms with Crippen molar-refractivity contribution in [3.63, 3.8) is 0 Å². The van der Waals surface area contributed by atoms with Crippen molar-refractivity contribution in [2.45, 2.75) is 25.7 Å². The fourth-order valence-electron chi connectivity index (χ4n) is 4.44. The summed E-state index contributed by atoms with van der Waals surface area (Å²) in [4.78, 5) is 37.3.